The fourth-order valence-corrected chi connectivity index (χ4v) is 4.57. The van der Waals surface area contributed by atoms with Crippen molar-refractivity contribution in [3.8, 4) is 5.75 Å². The fraction of sp³-hybridized carbons (Fsp3) is 0.136. The number of benzene rings is 2. The summed E-state index contributed by atoms with van der Waals surface area (Å²) < 4.78 is 34.1. The van der Waals surface area contributed by atoms with Gasteiger partial charge in [0.15, 0.2) is 5.16 Å². The van der Waals surface area contributed by atoms with Crippen molar-refractivity contribution in [1.29, 1.82) is 0 Å². The van der Waals surface area contributed by atoms with Gasteiger partial charge in [0.2, 0.25) is 5.91 Å². The summed E-state index contributed by atoms with van der Waals surface area (Å²) in [6.45, 7) is 0.264. The van der Waals surface area contributed by atoms with Crippen molar-refractivity contribution in [2.24, 2.45) is 0 Å². The van der Waals surface area contributed by atoms with Gasteiger partial charge in [-0.25, -0.2) is 13.8 Å². The highest BCUT2D eigenvalue weighted by Crippen LogP contribution is 2.23. The molecular weight excluding hydrogens is 456 g/mol. The van der Waals surface area contributed by atoms with Crippen LogP contribution >= 0.6 is 23.1 Å². The number of carbonyl (C=O) groups is 1. The molecule has 0 spiro atoms. The van der Waals surface area contributed by atoms with Crippen LogP contribution in [0.25, 0.3) is 10.2 Å². The van der Waals surface area contributed by atoms with E-state index < -0.39 is 17.5 Å². The third-order valence-electron chi connectivity index (χ3n) is 4.57. The van der Waals surface area contributed by atoms with E-state index in [9.17, 15) is 18.4 Å². The summed E-state index contributed by atoms with van der Waals surface area (Å²) in [5.41, 5.74) is 1.10. The van der Waals surface area contributed by atoms with Gasteiger partial charge in [-0.2, -0.15) is 0 Å². The first-order valence-corrected chi connectivity index (χ1v) is 11.3. The Hall–Kier alpha value is -3.24. The zero-order valence-electron chi connectivity index (χ0n) is 16.8. The number of thioether (sulfide) groups is 1. The van der Waals surface area contributed by atoms with Gasteiger partial charge >= 0.3 is 0 Å². The molecule has 0 fully saturated rings. The molecule has 1 amide bonds. The smallest absolute Gasteiger partial charge is 0.272 e. The van der Waals surface area contributed by atoms with E-state index in [0.717, 1.165) is 29.5 Å². The van der Waals surface area contributed by atoms with Crippen molar-refractivity contribution in [3.63, 3.8) is 0 Å². The van der Waals surface area contributed by atoms with E-state index in [1.54, 1.807) is 30.7 Å². The minimum Gasteiger partial charge on any atom is -0.497 e. The summed E-state index contributed by atoms with van der Waals surface area (Å²) in [6, 6.07) is 12.0. The van der Waals surface area contributed by atoms with Crippen molar-refractivity contribution in [2.45, 2.75) is 11.7 Å². The number of ether oxygens (including phenoxy) is 1. The average Bonchev–Trinajstić information content (AvgIpc) is 3.26. The third-order valence-corrected chi connectivity index (χ3v) is 6.44. The Balaban J connectivity index is 1.57. The van der Waals surface area contributed by atoms with Crippen molar-refractivity contribution in [1.82, 2.24) is 9.55 Å². The van der Waals surface area contributed by atoms with Crippen LogP contribution < -0.4 is 15.6 Å². The zero-order chi connectivity index (χ0) is 22.7. The van der Waals surface area contributed by atoms with Crippen LogP contribution in [0.2, 0.25) is 0 Å². The Bertz CT molecular complexity index is 1340. The summed E-state index contributed by atoms with van der Waals surface area (Å²) in [4.78, 5) is 29.9. The van der Waals surface area contributed by atoms with E-state index in [0.29, 0.717) is 27.2 Å². The number of nitrogens with zero attached hydrogens (tertiary/aromatic N) is 2. The summed E-state index contributed by atoms with van der Waals surface area (Å²) >= 11 is 2.37. The lowest BCUT2D eigenvalue weighted by Gasteiger charge is -2.13. The molecule has 2 heterocycles. The molecule has 0 unspecified atom stereocenters. The second-order valence-electron chi connectivity index (χ2n) is 6.73. The number of rotatable bonds is 7. The van der Waals surface area contributed by atoms with Crippen molar-refractivity contribution in [3.05, 3.63) is 81.5 Å². The molecule has 0 saturated heterocycles. The van der Waals surface area contributed by atoms with Crippen LogP contribution in [-0.2, 0) is 11.3 Å². The average molecular weight is 474 g/mol. The van der Waals surface area contributed by atoms with Crippen LogP contribution in [0.3, 0.4) is 0 Å². The van der Waals surface area contributed by atoms with Crippen LogP contribution in [0, 0.1) is 11.6 Å². The van der Waals surface area contributed by atoms with Crippen molar-refractivity contribution in [2.75, 3.05) is 18.2 Å². The SMILES string of the molecule is COc1ccc(Cn2c(SCC(=O)Nc3ccc(F)cc3F)nc3ccsc3c2=O)cc1. The summed E-state index contributed by atoms with van der Waals surface area (Å²) in [7, 11) is 1.58. The molecule has 0 aliphatic heterocycles. The number of hydrogen-bond donors (Lipinski definition) is 1. The molecule has 0 aliphatic rings. The molecule has 1 N–H and O–H groups in total. The highest BCUT2D eigenvalue weighted by molar-refractivity contribution is 7.99. The minimum absolute atomic E-state index is 0.110. The molecule has 4 aromatic rings. The Kier molecular flexibility index (Phi) is 6.52. The number of fused-ring (bicyclic) bond motifs is 1. The second-order valence-corrected chi connectivity index (χ2v) is 8.59. The molecule has 164 valence electrons. The van der Waals surface area contributed by atoms with Crippen LogP contribution in [-0.4, -0.2) is 28.3 Å². The predicted molar refractivity (Wildman–Crippen MR) is 122 cm³/mol. The predicted octanol–water partition coefficient (Wildman–Crippen LogP) is 4.52. The molecule has 0 radical (unpaired) electrons. The molecule has 0 atom stereocenters. The molecule has 32 heavy (non-hydrogen) atoms. The number of hydrogen-bond acceptors (Lipinski definition) is 6. The molecule has 2 aromatic carbocycles. The Morgan fingerprint density at radius 3 is 2.69 bits per heavy atom. The molecule has 6 nitrogen and oxygen atoms in total. The van der Waals surface area contributed by atoms with Gasteiger partial charge in [-0.15, -0.1) is 11.3 Å². The number of thiophene rings is 1. The number of anilines is 1. The molecule has 0 aliphatic carbocycles. The van der Waals surface area contributed by atoms with E-state index in [4.69, 9.17) is 4.74 Å². The highest BCUT2D eigenvalue weighted by atomic mass is 32.2. The van der Waals surface area contributed by atoms with Crippen LogP contribution in [0.4, 0.5) is 14.5 Å². The van der Waals surface area contributed by atoms with Crippen LogP contribution in [0.5, 0.6) is 5.75 Å². The number of halogens is 2. The largest absolute Gasteiger partial charge is 0.497 e. The Morgan fingerprint density at radius 2 is 1.97 bits per heavy atom. The standard InChI is InChI=1S/C22H17F2N3O3S2/c1-30-15-5-2-13(3-6-15)11-27-21(29)20-18(8-9-31-20)26-22(27)32-12-19(28)25-17-7-4-14(23)10-16(17)24/h2-10H,11-12H2,1H3,(H,25,28). The second kappa shape index (κ2) is 9.49. The molecular formula is C22H17F2N3O3S2. The molecule has 0 bridgehead atoms. The third kappa shape index (κ3) is 4.81. The first-order chi connectivity index (χ1) is 15.4. The van der Waals surface area contributed by atoms with Gasteiger partial charge in [-0.05, 0) is 41.3 Å². The maximum atomic E-state index is 13.8. The maximum Gasteiger partial charge on any atom is 0.272 e. The van der Waals surface area contributed by atoms with E-state index >= 15 is 0 Å². The first kappa shape index (κ1) is 22.0. The van der Waals surface area contributed by atoms with Crippen molar-refractivity contribution >= 4 is 44.9 Å². The normalized spacial score (nSPS) is 11.0. The van der Waals surface area contributed by atoms with Gasteiger partial charge in [0.25, 0.3) is 5.56 Å². The molecule has 10 heteroatoms. The van der Waals surface area contributed by atoms with E-state index in [-0.39, 0.29) is 23.5 Å². The van der Waals surface area contributed by atoms with Gasteiger partial charge in [0.1, 0.15) is 22.1 Å². The van der Waals surface area contributed by atoms with Gasteiger partial charge in [0.05, 0.1) is 30.6 Å². The van der Waals surface area contributed by atoms with Crippen LogP contribution in [0.1, 0.15) is 5.56 Å². The lowest BCUT2D eigenvalue weighted by Crippen LogP contribution is -2.24. The quantitative estimate of drug-likeness (QED) is 0.316. The van der Waals surface area contributed by atoms with Crippen molar-refractivity contribution < 1.29 is 18.3 Å². The molecule has 2 aromatic heterocycles. The van der Waals surface area contributed by atoms with E-state index in [1.165, 1.54) is 15.9 Å². The van der Waals surface area contributed by atoms with Gasteiger partial charge < -0.3 is 10.1 Å². The monoisotopic (exact) mass is 473 g/mol. The Morgan fingerprint density at radius 1 is 1.19 bits per heavy atom. The lowest BCUT2D eigenvalue weighted by atomic mass is 10.2. The van der Waals surface area contributed by atoms with E-state index in [2.05, 4.69) is 10.3 Å². The maximum absolute atomic E-state index is 13.8. The number of carbonyl (C=O) groups excluding carboxylic acids is 1. The fourth-order valence-electron chi connectivity index (χ4n) is 2.99. The topological polar surface area (TPSA) is 73.2 Å². The summed E-state index contributed by atoms with van der Waals surface area (Å²) in [6.07, 6.45) is 0. The lowest BCUT2D eigenvalue weighted by molar-refractivity contribution is -0.113. The van der Waals surface area contributed by atoms with E-state index in [1.807, 2.05) is 12.1 Å². The van der Waals surface area contributed by atoms with Gasteiger partial charge in [-0.1, -0.05) is 23.9 Å². The number of nitrogens with one attached hydrogen (secondary N) is 1. The first-order valence-electron chi connectivity index (χ1n) is 9.43. The molecule has 4 rings (SSSR count). The highest BCUT2D eigenvalue weighted by Gasteiger charge is 2.16. The number of methoxy groups -OCH3 is 1. The number of aromatic nitrogens is 2. The molecule has 0 saturated carbocycles. The van der Waals surface area contributed by atoms with Gasteiger partial charge in [-0.3, -0.25) is 14.2 Å². The van der Waals surface area contributed by atoms with Crippen LogP contribution in [0.15, 0.2) is 63.9 Å². The minimum atomic E-state index is -0.863. The summed E-state index contributed by atoms with van der Waals surface area (Å²) in [5.74, 6) is -1.51. The zero-order valence-corrected chi connectivity index (χ0v) is 18.4. The number of amides is 1. The van der Waals surface area contributed by atoms with Gasteiger partial charge in [0, 0.05) is 6.07 Å². The Labute approximate surface area is 189 Å². The summed E-state index contributed by atoms with van der Waals surface area (Å²) in [5, 5.41) is 4.56.